The summed E-state index contributed by atoms with van der Waals surface area (Å²) < 4.78 is 6.65. The van der Waals surface area contributed by atoms with Crippen molar-refractivity contribution in [2.45, 2.75) is 13.8 Å². The molecule has 0 bridgehead atoms. The number of amides is 1. The molecule has 2 aromatic heterocycles. The van der Waals surface area contributed by atoms with Crippen LogP contribution in [-0.2, 0) is 0 Å². The third-order valence-electron chi connectivity index (χ3n) is 3.94. The van der Waals surface area contributed by atoms with E-state index in [0.717, 1.165) is 5.56 Å². The van der Waals surface area contributed by atoms with E-state index in [9.17, 15) is 14.9 Å². The van der Waals surface area contributed by atoms with Gasteiger partial charge in [0.25, 0.3) is 5.91 Å². The summed E-state index contributed by atoms with van der Waals surface area (Å²) in [5, 5.41) is 15.0. The number of ether oxygens (including phenoxy) is 1. The molecule has 1 amide bonds. The third-order valence-corrected chi connectivity index (χ3v) is 3.94. The highest BCUT2D eigenvalue weighted by Gasteiger charge is 2.17. The Hall–Kier alpha value is -3.75. The number of benzene rings is 1. The standard InChI is InChI=1S/C18H17N5O4/c1-11-4-7-16-20-12(2)17(22(16)10-11)18(24)21-19-9-13-5-6-15(27-3)14(8-13)23(25)26/h4-10H,1-3H3,(H,21,24)/b19-9-. The van der Waals surface area contributed by atoms with Crippen LogP contribution in [0, 0.1) is 24.0 Å². The number of aromatic nitrogens is 2. The van der Waals surface area contributed by atoms with Gasteiger partial charge in [-0.25, -0.2) is 10.4 Å². The lowest BCUT2D eigenvalue weighted by molar-refractivity contribution is -0.385. The summed E-state index contributed by atoms with van der Waals surface area (Å²) in [5.74, 6) is -0.275. The lowest BCUT2D eigenvalue weighted by Gasteiger charge is -2.03. The number of aryl methyl sites for hydroxylation is 2. The monoisotopic (exact) mass is 367 g/mol. The molecule has 0 aliphatic carbocycles. The molecule has 3 rings (SSSR count). The third kappa shape index (κ3) is 3.61. The van der Waals surface area contributed by atoms with Gasteiger partial charge in [-0.1, -0.05) is 6.07 Å². The molecule has 0 aliphatic heterocycles. The molecule has 0 saturated heterocycles. The maximum absolute atomic E-state index is 12.5. The van der Waals surface area contributed by atoms with E-state index in [0.29, 0.717) is 22.6 Å². The van der Waals surface area contributed by atoms with Crippen molar-refractivity contribution in [1.82, 2.24) is 14.8 Å². The average Bonchev–Trinajstić information content (AvgIpc) is 2.96. The van der Waals surface area contributed by atoms with Gasteiger partial charge < -0.3 is 4.74 Å². The zero-order chi connectivity index (χ0) is 19.6. The first-order valence-corrected chi connectivity index (χ1v) is 8.02. The van der Waals surface area contributed by atoms with Crippen LogP contribution in [0.25, 0.3) is 5.65 Å². The van der Waals surface area contributed by atoms with Gasteiger partial charge in [0.2, 0.25) is 0 Å². The number of hydrazone groups is 1. The van der Waals surface area contributed by atoms with Crippen molar-refractivity contribution in [3.05, 3.63) is 69.2 Å². The summed E-state index contributed by atoms with van der Waals surface area (Å²) in [6, 6.07) is 8.14. The smallest absolute Gasteiger partial charge is 0.311 e. The molecule has 3 aromatic rings. The second-order valence-electron chi connectivity index (χ2n) is 5.87. The van der Waals surface area contributed by atoms with Crippen LogP contribution < -0.4 is 10.2 Å². The highest BCUT2D eigenvalue weighted by molar-refractivity contribution is 5.95. The van der Waals surface area contributed by atoms with Crippen LogP contribution >= 0.6 is 0 Å². The number of hydrogen-bond donors (Lipinski definition) is 1. The average molecular weight is 367 g/mol. The Bertz CT molecular complexity index is 1070. The lowest BCUT2D eigenvalue weighted by atomic mass is 10.2. The number of rotatable bonds is 5. The van der Waals surface area contributed by atoms with Gasteiger partial charge in [0, 0.05) is 17.8 Å². The Labute approximate surface area is 154 Å². The number of nitro benzene ring substituents is 1. The van der Waals surface area contributed by atoms with Gasteiger partial charge in [0.15, 0.2) is 5.75 Å². The summed E-state index contributed by atoms with van der Waals surface area (Å²) in [4.78, 5) is 27.4. The number of imidazole rings is 1. The van der Waals surface area contributed by atoms with Crippen molar-refractivity contribution < 1.29 is 14.5 Å². The van der Waals surface area contributed by atoms with E-state index < -0.39 is 10.8 Å². The van der Waals surface area contributed by atoms with Gasteiger partial charge in [-0.3, -0.25) is 19.3 Å². The van der Waals surface area contributed by atoms with E-state index in [1.165, 1.54) is 25.5 Å². The number of carbonyl (C=O) groups is 1. The van der Waals surface area contributed by atoms with Gasteiger partial charge in [0.05, 0.1) is 23.9 Å². The molecule has 0 atom stereocenters. The van der Waals surface area contributed by atoms with Gasteiger partial charge >= 0.3 is 5.69 Å². The molecule has 138 valence electrons. The van der Waals surface area contributed by atoms with Crippen molar-refractivity contribution in [3.63, 3.8) is 0 Å². The number of pyridine rings is 1. The van der Waals surface area contributed by atoms with Crippen molar-refractivity contribution in [3.8, 4) is 5.75 Å². The highest BCUT2D eigenvalue weighted by atomic mass is 16.6. The lowest BCUT2D eigenvalue weighted by Crippen LogP contribution is -2.20. The van der Waals surface area contributed by atoms with Crippen molar-refractivity contribution in [2.75, 3.05) is 7.11 Å². The van der Waals surface area contributed by atoms with Crippen LogP contribution in [0.5, 0.6) is 5.75 Å². The zero-order valence-electron chi connectivity index (χ0n) is 15.0. The largest absolute Gasteiger partial charge is 0.490 e. The van der Waals surface area contributed by atoms with Crippen LogP contribution in [0.2, 0.25) is 0 Å². The van der Waals surface area contributed by atoms with E-state index in [1.807, 2.05) is 25.3 Å². The molecule has 2 heterocycles. The molecule has 27 heavy (non-hydrogen) atoms. The van der Waals surface area contributed by atoms with E-state index in [2.05, 4.69) is 15.5 Å². The molecule has 1 aromatic carbocycles. The van der Waals surface area contributed by atoms with E-state index in [1.54, 1.807) is 17.4 Å². The number of fused-ring (bicyclic) bond motifs is 1. The maximum Gasteiger partial charge on any atom is 0.311 e. The first-order chi connectivity index (χ1) is 12.9. The minimum absolute atomic E-state index is 0.151. The molecule has 9 heteroatoms. The molecule has 1 N–H and O–H groups in total. The second-order valence-corrected chi connectivity index (χ2v) is 5.87. The molecule has 0 aliphatic rings. The molecule has 0 fully saturated rings. The first-order valence-electron chi connectivity index (χ1n) is 8.02. The Kier molecular flexibility index (Phi) is 4.84. The van der Waals surface area contributed by atoms with Crippen LogP contribution in [0.1, 0.15) is 27.3 Å². The second kappa shape index (κ2) is 7.24. The minimum atomic E-state index is -0.543. The normalized spacial score (nSPS) is 11.1. The molecular formula is C18H17N5O4. The number of nitrogens with zero attached hydrogens (tertiary/aromatic N) is 4. The molecule has 9 nitrogen and oxygen atoms in total. The Morgan fingerprint density at radius 2 is 2.11 bits per heavy atom. The Balaban J connectivity index is 1.82. The van der Waals surface area contributed by atoms with Crippen molar-refractivity contribution in [1.29, 1.82) is 0 Å². The number of nitrogens with one attached hydrogen (secondary N) is 1. The van der Waals surface area contributed by atoms with Crippen LogP contribution in [0.3, 0.4) is 0 Å². The maximum atomic E-state index is 12.5. The summed E-state index contributed by atoms with van der Waals surface area (Å²) in [5.41, 5.74) is 5.32. The summed E-state index contributed by atoms with van der Waals surface area (Å²) in [6.07, 6.45) is 3.15. The van der Waals surface area contributed by atoms with Crippen molar-refractivity contribution in [2.24, 2.45) is 5.10 Å². The Morgan fingerprint density at radius 3 is 2.81 bits per heavy atom. The van der Waals surface area contributed by atoms with Gasteiger partial charge in [-0.05, 0) is 37.6 Å². The number of hydrogen-bond acceptors (Lipinski definition) is 6. The summed E-state index contributed by atoms with van der Waals surface area (Å²) in [6.45, 7) is 3.67. The number of nitro groups is 1. The van der Waals surface area contributed by atoms with Crippen LogP contribution in [-0.4, -0.2) is 33.5 Å². The number of carbonyl (C=O) groups excluding carboxylic acids is 1. The van der Waals surface area contributed by atoms with Gasteiger partial charge in [0.1, 0.15) is 11.3 Å². The van der Waals surface area contributed by atoms with E-state index in [-0.39, 0.29) is 11.4 Å². The zero-order valence-corrected chi connectivity index (χ0v) is 15.0. The van der Waals surface area contributed by atoms with Gasteiger partial charge in [-0.2, -0.15) is 5.10 Å². The highest BCUT2D eigenvalue weighted by Crippen LogP contribution is 2.26. The first kappa shape index (κ1) is 18.1. The Morgan fingerprint density at radius 1 is 1.33 bits per heavy atom. The molecule has 0 unspecified atom stereocenters. The van der Waals surface area contributed by atoms with Crippen molar-refractivity contribution >= 4 is 23.5 Å². The molecule has 0 spiro atoms. The van der Waals surface area contributed by atoms with E-state index in [4.69, 9.17) is 4.74 Å². The summed E-state index contributed by atoms with van der Waals surface area (Å²) in [7, 11) is 1.36. The molecule has 0 radical (unpaired) electrons. The topological polar surface area (TPSA) is 111 Å². The van der Waals surface area contributed by atoms with Gasteiger partial charge in [-0.15, -0.1) is 0 Å². The SMILES string of the molecule is COc1ccc(/C=N\NC(=O)c2c(C)nc3ccc(C)cn23)cc1[N+](=O)[O-]. The van der Waals surface area contributed by atoms with Crippen LogP contribution in [0.4, 0.5) is 5.69 Å². The number of methoxy groups -OCH3 is 1. The molecular weight excluding hydrogens is 350 g/mol. The van der Waals surface area contributed by atoms with E-state index >= 15 is 0 Å². The predicted octanol–water partition coefficient (Wildman–Crippen LogP) is 2.63. The fraction of sp³-hybridized carbons (Fsp3) is 0.167. The fourth-order valence-corrected chi connectivity index (χ4v) is 2.69. The quantitative estimate of drug-likeness (QED) is 0.423. The minimum Gasteiger partial charge on any atom is -0.490 e. The summed E-state index contributed by atoms with van der Waals surface area (Å²) >= 11 is 0. The molecule has 0 saturated carbocycles. The fourth-order valence-electron chi connectivity index (χ4n) is 2.69. The predicted molar refractivity (Wildman–Crippen MR) is 99.4 cm³/mol. The van der Waals surface area contributed by atoms with Crippen LogP contribution in [0.15, 0.2) is 41.6 Å².